The van der Waals surface area contributed by atoms with Crippen LogP contribution >= 0.6 is 0 Å². The highest BCUT2D eigenvalue weighted by Crippen LogP contribution is 2.09. The van der Waals surface area contributed by atoms with E-state index in [0.29, 0.717) is 19.3 Å². The second-order valence-electron chi connectivity index (χ2n) is 3.92. The Morgan fingerprint density at radius 3 is 2.94 bits per heavy atom. The van der Waals surface area contributed by atoms with Gasteiger partial charge in [0.05, 0.1) is 13.2 Å². The fraction of sp³-hybridized carbons (Fsp3) is 0.615. The minimum atomic E-state index is 0.336. The van der Waals surface area contributed by atoms with Gasteiger partial charge < -0.3 is 14.8 Å². The number of ether oxygens (including phenoxy) is 2. The molecule has 96 valence electrons. The maximum Gasteiger partial charge on any atom is 0.0700 e. The van der Waals surface area contributed by atoms with E-state index >= 15 is 0 Å². The number of nitrogens with zero attached hydrogens (tertiary/aromatic N) is 1. The van der Waals surface area contributed by atoms with Crippen LogP contribution in [0.1, 0.15) is 24.9 Å². The first-order chi connectivity index (χ1) is 8.34. The Kier molecular flexibility index (Phi) is 7.54. The fourth-order valence-corrected chi connectivity index (χ4v) is 1.49. The van der Waals surface area contributed by atoms with Crippen LogP contribution in [0.25, 0.3) is 0 Å². The number of hydrogen-bond acceptors (Lipinski definition) is 4. The first-order valence-electron chi connectivity index (χ1n) is 6.04. The van der Waals surface area contributed by atoms with Crippen LogP contribution in [0.5, 0.6) is 0 Å². The predicted octanol–water partition coefficient (Wildman–Crippen LogP) is 1.79. The SMILES string of the molecule is COCCOCCCNC(C)c1cccnc1. The number of nitrogens with one attached hydrogen (secondary N) is 1. The van der Waals surface area contributed by atoms with Crippen LogP contribution < -0.4 is 5.32 Å². The summed E-state index contributed by atoms with van der Waals surface area (Å²) in [7, 11) is 1.68. The molecule has 1 heterocycles. The molecule has 0 fully saturated rings. The monoisotopic (exact) mass is 238 g/mol. The highest BCUT2D eigenvalue weighted by molar-refractivity contribution is 5.12. The number of pyridine rings is 1. The molecule has 0 bridgehead atoms. The van der Waals surface area contributed by atoms with Gasteiger partial charge in [-0.2, -0.15) is 0 Å². The van der Waals surface area contributed by atoms with Crippen molar-refractivity contribution in [2.24, 2.45) is 0 Å². The zero-order valence-electron chi connectivity index (χ0n) is 10.7. The third kappa shape index (κ3) is 6.36. The molecule has 0 saturated carbocycles. The highest BCUT2D eigenvalue weighted by Gasteiger charge is 2.02. The summed E-state index contributed by atoms with van der Waals surface area (Å²) in [4.78, 5) is 4.11. The van der Waals surface area contributed by atoms with E-state index in [-0.39, 0.29) is 0 Å². The average molecular weight is 238 g/mol. The maximum atomic E-state index is 5.38. The summed E-state index contributed by atoms with van der Waals surface area (Å²) >= 11 is 0. The fourth-order valence-electron chi connectivity index (χ4n) is 1.49. The minimum Gasteiger partial charge on any atom is -0.382 e. The van der Waals surface area contributed by atoms with Crippen molar-refractivity contribution in [2.75, 3.05) is 33.5 Å². The zero-order chi connectivity index (χ0) is 12.3. The summed E-state index contributed by atoms with van der Waals surface area (Å²) in [5.41, 5.74) is 1.22. The molecule has 17 heavy (non-hydrogen) atoms. The molecule has 4 nitrogen and oxygen atoms in total. The lowest BCUT2D eigenvalue weighted by Crippen LogP contribution is -2.21. The molecule has 0 spiro atoms. The van der Waals surface area contributed by atoms with Gasteiger partial charge in [0.25, 0.3) is 0 Å². The highest BCUT2D eigenvalue weighted by atomic mass is 16.5. The first kappa shape index (κ1) is 14.1. The number of aromatic nitrogens is 1. The molecule has 1 unspecified atom stereocenters. The minimum absolute atomic E-state index is 0.336. The van der Waals surface area contributed by atoms with Crippen LogP contribution in [0.4, 0.5) is 0 Å². The summed E-state index contributed by atoms with van der Waals surface area (Å²) in [6.07, 6.45) is 4.70. The Balaban J connectivity index is 2.03. The summed E-state index contributed by atoms with van der Waals surface area (Å²) in [6, 6.07) is 4.38. The second kappa shape index (κ2) is 9.10. The van der Waals surface area contributed by atoms with E-state index in [4.69, 9.17) is 9.47 Å². The molecule has 4 heteroatoms. The van der Waals surface area contributed by atoms with Crippen molar-refractivity contribution in [3.63, 3.8) is 0 Å². The Bertz CT molecular complexity index is 280. The molecule has 1 aromatic heterocycles. The van der Waals surface area contributed by atoms with Crippen molar-refractivity contribution in [3.05, 3.63) is 30.1 Å². The number of hydrogen-bond donors (Lipinski definition) is 1. The largest absolute Gasteiger partial charge is 0.382 e. The molecule has 1 rings (SSSR count). The summed E-state index contributed by atoms with van der Waals surface area (Å²) in [5.74, 6) is 0. The summed E-state index contributed by atoms with van der Waals surface area (Å²) in [5, 5.41) is 3.44. The molecule has 1 atom stereocenters. The van der Waals surface area contributed by atoms with Gasteiger partial charge in [-0.25, -0.2) is 0 Å². The van der Waals surface area contributed by atoms with Gasteiger partial charge in [0, 0.05) is 32.2 Å². The second-order valence-corrected chi connectivity index (χ2v) is 3.92. The van der Waals surface area contributed by atoms with Gasteiger partial charge in [0.2, 0.25) is 0 Å². The molecular formula is C13H22N2O2. The van der Waals surface area contributed by atoms with Gasteiger partial charge in [-0.1, -0.05) is 6.07 Å². The Hall–Kier alpha value is -0.970. The van der Waals surface area contributed by atoms with E-state index in [1.54, 1.807) is 13.3 Å². The van der Waals surface area contributed by atoms with Crippen LogP contribution in [0.3, 0.4) is 0 Å². The maximum absolute atomic E-state index is 5.38. The normalized spacial score (nSPS) is 12.6. The number of methoxy groups -OCH3 is 1. The lowest BCUT2D eigenvalue weighted by atomic mass is 10.1. The zero-order valence-corrected chi connectivity index (χ0v) is 10.7. The lowest BCUT2D eigenvalue weighted by Gasteiger charge is -2.13. The van der Waals surface area contributed by atoms with E-state index in [2.05, 4.69) is 23.3 Å². The third-order valence-corrected chi connectivity index (χ3v) is 2.53. The van der Waals surface area contributed by atoms with Crippen molar-refractivity contribution in [2.45, 2.75) is 19.4 Å². The standard InChI is InChI=1S/C13H22N2O2/c1-12(13-5-3-6-14-11-13)15-7-4-8-17-10-9-16-2/h3,5-6,11-12,15H,4,7-10H2,1-2H3. The van der Waals surface area contributed by atoms with Gasteiger partial charge in [0.1, 0.15) is 0 Å². The molecule has 1 aromatic rings. The average Bonchev–Trinajstić information content (AvgIpc) is 2.38. The smallest absolute Gasteiger partial charge is 0.0700 e. The van der Waals surface area contributed by atoms with Crippen LogP contribution in [-0.2, 0) is 9.47 Å². The Morgan fingerprint density at radius 1 is 1.35 bits per heavy atom. The molecule has 0 amide bonds. The topological polar surface area (TPSA) is 43.4 Å². The van der Waals surface area contributed by atoms with Gasteiger partial charge in [-0.05, 0) is 31.5 Å². The van der Waals surface area contributed by atoms with Crippen molar-refractivity contribution in [1.82, 2.24) is 10.3 Å². The van der Waals surface area contributed by atoms with Crippen molar-refractivity contribution >= 4 is 0 Å². The van der Waals surface area contributed by atoms with Crippen molar-refractivity contribution in [3.8, 4) is 0 Å². The lowest BCUT2D eigenvalue weighted by molar-refractivity contribution is 0.0693. The Labute approximate surface area is 103 Å². The first-order valence-corrected chi connectivity index (χ1v) is 6.04. The van der Waals surface area contributed by atoms with E-state index in [9.17, 15) is 0 Å². The molecular weight excluding hydrogens is 216 g/mol. The van der Waals surface area contributed by atoms with Gasteiger partial charge in [-0.3, -0.25) is 4.98 Å². The van der Waals surface area contributed by atoms with Gasteiger partial charge >= 0.3 is 0 Å². The van der Waals surface area contributed by atoms with Crippen LogP contribution in [0.15, 0.2) is 24.5 Å². The molecule has 0 radical (unpaired) electrons. The Morgan fingerprint density at radius 2 is 2.24 bits per heavy atom. The molecule has 0 aliphatic carbocycles. The van der Waals surface area contributed by atoms with Crippen molar-refractivity contribution < 1.29 is 9.47 Å². The van der Waals surface area contributed by atoms with Crippen molar-refractivity contribution in [1.29, 1.82) is 0 Å². The van der Waals surface area contributed by atoms with E-state index in [0.717, 1.165) is 19.6 Å². The van der Waals surface area contributed by atoms with Crippen LogP contribution in [0, 0.1) is 0 Å². The molecule has 0 aromatic carbocycles. The molecule has 0 aliphatic rings. The predicted molar refractivity (Wildman–Crippen MR) is 68.0 cm³/mol. The van der Waals surface area contributed by atoms with Crippen LogP contribution in [-0.4, -0.2) is 38.5 Å². The molecule has 1 N–H and O–H groups in total. The van der Waals surface area contributed by atoms with E-state index in [1.807, 2.05) is 12.3 Å². The molecule has 0 saturated heterocycles. The van der Waals surface area contributed by atoms with Gasteiger partial charge in [-0.15, -0.1) is 0 Å². The quantitative estimate of drug-likeness (QED) is 0.666. The third-order valence-electron chi connectivity index (χ3n) is 2.53. The van der Waals surface area contributed by atoms with Crippen LogP contribution in [0.2, 0.25) is 0 Å². The summed E-state index contributed by atoms with van der Waals surface area (Å²) in [6.45, 7) is 5.20. The van der Waals surface area contributed by atoms with Gasteiger partial charge in [0.15, 0.2) is 0 Å². The van der Waals surface area contributed by atoms with E-state index in [1.165, 1.54) is 5.56 Å². The number of rotatable bonds is 9. The summed E-state index contributed by atoms with van der Waals surface area (Å²) < 4.78 is 10.3. The molecule has 0 aliphatic heterocycles. The van der Waals surface area contributed by atoms with E-state index < -0.39 is 0 Å².